The molecule has 1 heterocycles. The van der Waals surface area contributed by atoms with Gasteiger partial charge in [0, 0.05) is 12.6 Å². The van der Waals surface area contributed by atoms with E-state index in [2.05, 4.69) is 26.0 Å². The minimum Gasteiger partial charge on any atom is -0.330 e. The lowest BCUT2D eigenvalue weighted by molar-refractivity contribution is 0.0681. The third-order valence-corrected chi connectivity index (χ3v) is 7.09. The van der Waals surface area contributed by atoms with Crippen LogP contribution >= 0.6 is 11.6 Å². The van der Waals surface area contributed by atoms with Crippen LogP contribution in [0, 0.1) is 0 Å². The summed E-state index contributed by atoms with van der Waals surface area (Å²) in [5.74, 6) is 0.333. The van der Waals surface area contributed by atoms with Crippen LogP contribution in [0.5, 0.6) is 0 Å². The van der Waals surface area contributed by atoms with Gasteiger partial charge in [-0.05, 0) is 35.6 Å². The monoisotopic (exact) mass is 405 g/mol. The molecule has 3 rings (SSSR count). The Balaban J connectivity index is 1.90. The van der Waals surface area contributed by atoms with Crippen molar-refractivity contribution in [3.63, 3.8) is 0 Å². The number of carbonyl (C=O) groups is 1. The summed E-state index contributed by atoms with van der Waals surface area (Å²) in [6, 6.07) is 14.7. The summed E-state index contributed by atoms with van der Waals surface area (Å²) in [5, 5.41) is 0.378. The maximum absolute atomic E-state index is 13.2. The topological polar surface area (TPSA) is 54.5 Å². The van der Waals surface area contributed by atoms with E-state index in [1.165, 1.54) is 5.56 Å². The van der Waals surface area contributed by atoms with Crippen LogP contribution in [0.1, 0.15) is 47.7 Å². The number of halogens is 1. The summed E-state index contributed by atoms with van der Waals surface area (Å²) < 4.78 is 24.0. The molecule has 0 aliphatic carbocycles. The summed E-state index contributed by atoms with van der Waals surface area (Å²) >= 11 is 6.22. The molecule has 144 valence electrons. The molecule has 2 aromatic carbocycles. The Bertz CT molecular complexity index is 923. The van der Waals surface area contributed by atoms with Crippen molar-refractivity contribution in [1.82, 2.24) is 4.90 Å². The van der Waals surface area contributed by atoms with E-state index in [-0.39, 0.29) is 23.5 Å². The molecule has 0 N–H and O–H groups in total. The lowest BCUT2D eigenvalue weighted by Gasteiger charge is -2.29. The number of benzene rings is 2. The quantitative estimate of drug-likeness (QED) is 0.745. The fourth-order valence-electron chi connectivity index (χ4n) is 3.38. The van der Waals surface area contributed by atoms with E-state index in [0.717, 1.165) is 5.56 Å². The van der Waals surface area contributed by atoms with Gasteiger partial charge in [-0.25, -0.2) is 8.42 Å². The van der Waals surface area contributed by atoms with Crippen molar-refractivity contribution in [2.24, 2.45) is 0 Å². The van der Waals surface area contributed by atoms with Crippen molar-refractivity contribution in [3.05, 3.63) is 70.2 Å². The van der Waals surface area contributed by atoms with Crippen molar-refractivity contribution in [2.75, 3.05) is 11.5 Å². The Morgan fingerprint density at radius 3 is 2.37 bits per heavy atom. The summed E-state index contributed by atoms with van der Waals surface area (Å²) in [6.45, 7) is 4.62. The summed E-state index contributed by atoms with van der Waals surface area (Å²) in [5.41, 5.74) is 2.61. The minimum atomic E-state index is -3.10. The molecule has 1 saturated heterocycles. The van der Waals surface area contributed by atoms with Crippen molar-refractivity contribution in [1.29, 1.82) is 0 Å². The number of carbonyl (C=O) groups excluding carboxylic acids is 1. The van der Waals surface area contributed by atoms with Crippen molar-refractivity contribution in [2.45, 2.75) is 38.8 Å². The maximum Gasteiger partial charge on any atom is 0.255 e. The second-order valence-electron chi connectivity index (χ2n) is 7.37. The average molecular weight is 406 g/mol. The zero-order chi connectivity index (χ0) is 19.6. The number of hydrogen-bond acceptors (Lipinski definition) is 3. The molecular formula is C21H24ClNO3S. The molecule has 1 fully saturated rings. The number of hydrogen-bond donors (Lipinski definition) is 0. The van der Waals surface area contributed by atoms with Crippen LogP contribution in [0.3, 0.4) is 0 Å². The standard InChI is InChI=1S/C21H24ClNO3S/c1-15(2)17-9-7-16(8-10-17)13-23(18-11-12-27(25,26)14-18)21(24)19-5-3-4-6-20(19)22/h3-10,15,18H,11-14H2,1-2H3/t18-/m1/s1. The van der Waals surface area contributed by atoms with E-state index in [9.17, 15) is 13.2 Å². The highest BCUT2D eigenvalue weighted by atomic mass is 35.5. The van der Waals surface area contributed by atoms with Gasteiger partial charge in [0.15, 0.2) is 9.84 Å². The second-order valence-corrected chi connectivity index (χ2v) is 10.0. The van der Waals surface area contributed by atoms with Gasteiger partial charge in [0.2, 0.25) is 0 Å². The molecular weight excluding hydrogens is 382 g/mol. The van der Waals surface area contributed by atoms with Crippen LogP contribution in [-0.4, -0.2) is 36.8 Å². The Kier molecular flexibility index (Phi) is 5.92. The van der Waals surface area contributed by atoms with E-state index in [4.69, 9.17) is 11.6 Å². The molecule has 0 radical (unpaired) electrons. The molecule has 1 aliphatic rings. The van der Waals surface area contributed by atoms with Gasteiger partial charge in [0.25, 0.3) is 5.91 Å². The van der Waals surface area contributed by atoms with E-state index in [1.54, 1.807) is 29.2 Å². The van der Waals surface area contributed by atoms with Crippen LogP contribution < -0.4 is 0 Å². The predicted octanol–water partition coefficient (Wildman–Crippen LogP) is 4.29. The number of rotatable bonds is 5. The SMILES string of the molecule is CC(C)c1ccc(CN(C(=O)c2ccccc2Cl)[C@@H]2CCS(=O)(=O)C2)cc1. The highest BCUT2D eigenvalue weighted by Crippen LogP contribution is 2.25. The highest BCUT2D eigenvalue weighted by molar-refractivity contribution is 7.91. The second kappa shape index (κ2) is 8.03. The Morgan fingerprint density at radius 1 is 1.15 bits per heavy atom. The Morgan fingerprint density at radius 2 is 1.81 bits per heavy atom. The molecule has 27 heavy (non-hydrogen) atoms. The molecule has 0 bridgehead atoms. The third kappa shape index (κ3) is 4.71. The number of nitrogens with zero attached hydrogens (tertiary/aromatic N) is 1. The van der Waals surface area contributed by atoms with Gasteiger partial charge in [-0.15, -0.1) is 0 Å². The fraction of sp³-hybridized carbons (Fsp3) is 0.381. The van der Waals surface area contributed by atoms with Gasteiger partial charge in [0.1, 0.15) is 0 Å². The molecule has 0 unspecified atom stereocenters. The molecule has 0 saturated carbocycles. The lowest BCUT2D eigenvalue weighted by Crippen LogP contribution is -2.40. The van der Waals surface area contributed by atoms with E-state index in [1.807, 2.05) is 12.1 Å². The van der Waals surface area contributed by atoms with Gasteiger partial charge in [-0.1, -0.05) is 61.8 Å². The first-order valence-corrected chi connectivity index (χ1v) is 11.3. The smallest absolute Gasteiger partial charge is 0.255 e. The molecule has 1 aliphatic heterocycles. The zero-order valence-electron chi connectivity index (χ0n) is 15.6. The molecule has 6 heteroatoms. The van der Waals surface area contributed by atoms with E-state index >= 15 is 0 Å². The van der Waals surface area contributed by atoms with Crippen LogP contribution in [0.15, 0.2) is 48.5 Å². The molecule has 0 spiro atoms. The van der Waals surface area contributed by atoms with E-state index in [0.29, 0.717) is 29.5 Å². The highest BCUT2D eigenvalue weighted by Gasteiger charge is 2.35. The van der Waals surface area contributed by atoms with Crippen LogP contribution in [0.25, 0.3) is 0 Å². The van der Waals surface area contributed by atoms with Crippen LogP contribution in [0.4, 0.5) is 0 Å². The predicted molar refractivity (Wildman–Crippen MR) is 109 cm³/mol. The lowest BCUT2D eigenvalue weighted by atomic mass is 10.0. The van der Waals surface area contributed by atoms with Gasteiger partial charge in [0.05, 0.1) is 22.1 Å². The van der Waals surface area contributed by atoms with Gasteiger partial charge >= 0.3 is 0 Å². The van der Waals surface area contributed by atoms with Gasteiger partial charge in [-0.3, -0.25) is 4.79 Å². The first-order chi connectivity index (χ1) is 12.8. The molecule has 1 amide bonds. The summed E-state index contributed by atoms with van der Waals surface area (Å²) in [4.78, 5) is 14.9. The largest absolute Gasteiger partial charge is 0.330 e. The first kappa shape index (κ1) is 19.9. The number of sulfone groups is 1. The van der Waals surface area contributed by atoms with E-state index < -0.39 is 9.84 Å². The molecule has 1 atom stereocenters. The Labute approximate surface area is 166 Å². The maximum atomic E-state index is 13.2. The van der Waals surface area contributed by atoms with Gasteiger partial charge in [-0.2, -0.15) is 0 Å². The van der Waals surface area contributed by atoms with Crippen LogP contribution in [-0.2, 0) is 16.4 Å². The van der Waals surface area contributed by atoms with Crippen molar-refractivity contribution in [3.8, 4) is 0 Å². The summed E-state index contributed by atoms with van der Waals surface area (Å²) in [7, 11) is -3.10. The Hall–Kier alpha value is -1.85. The summed E-state index contributed by atoms with van der Waals surface area (Å²) in [6.07, 6.45) is 0.461. The average Bonchev–Trinajstić information content (AvgIpc) is 2.99. The van der Waals surface area contributed by atoms with Crippen molar-refractivity contribution < 1.29 is 13.2 Å². The molecule has 4 nitrogen and oxygen atoms in total. The van der Waals surface area contributed by atoms with Gasteiger partial charge < -0.3 is 4.90 Å². The molecule has 0 aromatic heterocycles. The fourth-order valence-corrected chi connectivity index (χ4v) is 5.33. The van der Waals surface area contributed by atoms with Crippen LogP contribution in [0.2, 0.25) is 5.02 Å². The van der Waals surface area contributed by atoms with Crippen molar-refractivity contribution >= 4 is 27.3 Å². The molecule has 2 aromatic rings. The zero-order valence-corrected chi connectivity index (χ0v) is 17.1. The third-order valence-electron chi connectivity index (χ3n) is 5.01. The minimum absolute atomic E-state index is 0.00721. The number of amides is 1. The normalized spacial score (nSPS) is 18.6. The first-order valence-electron chi connectivity index (χ1n) is 9.11.